The zero-order valence-electron chi connectivity index (χ0n) is 10.7. The third-order valence-electron chi connectivity index (χ3n) is 2.81. The van der Waals surface area contributed by atoms with Crippen LogP contribution in [0.15, 0.2) is 0 Å². The Labute approximate surface area is 103 Å². The molecule has 1 radical (unpaired) electrons. The van der Waals surface area contributed by atoms with Gasteiger partial charge < -0.3 is 4.74 Å². The number of ether oxygens (including phenoxy) is 1. The van der Waals surface area contributed by atoms with E-state index in [1.165, 1.54) is 0 Å². The van der Waals surface area contributed by atoms with E-state index in [-0.39, 0.29) is 13.0 Å². The molecule has 0 aliphatic carbocycles. The molecule has 1 nitrogen and oxygen atoms in total. The minimum absolute atomic E-state index is 0.0903. The van der Waals surface area contributed by atoms with Gasteiger partial charge in [-0.3, -0.25) is 0 Å². The molecule has 0 saturated carbocycles. The Balaban J connectivity index is 3.38. The highest BCUT2D eigenvalue weighted by Gasteiger charge is 2.38. The molecule has 0 aromatic heterocycles. The Bertz CT molecular complexity index is 169. The maximum atomic E-state index is 12.3. The summed E-state index contributed by atoms with van der Waals surface area (Å²) in [5, 5.41) is 0. The normalized spacial score (nSPS) is 13.9. The Morgan fingerprint density at radius 1 is 1.06 bits per heavy atom. The summed E-state index contributed by atoms with van der Waals surface area (Å²) in [4.78, 5) is 0. The van der Waals surface area contributed by atoms with E-state index < -0.39 is 12.1 Å². The van der Waals surface area contributed by atoms with Crippen LogP contribution in [-0.4, -0.2) is 19.4 Å². The standard InChI is InChI=1S/C13H24F3O/c1-3-5-6-7-8-9-10-17-11-12(4-2)13(14,15)16/h12H,1,3-11H2,2H3. The lowest BCUT2D eigenvalue weighted by Crippen LogP contribution is -2.27. The zero-order chi connectivity index (χ0) is 13.1. The van der Waals surface area contributed by atoms with Gasteiger partial charge in [-0.2, -0.15) is 13.2 Å². The van der Waals surface area contributed by atoms with E-state index in [0.717, 1.165) is 38.5 Å². The van der Waals surface area contributed by atoms with Crippen LogP contribution in [0.4, 0.5) is 13.2 Å². The highest BCUT2D eigenvalue weighted by molar-refractivity contribution is 4.64. The van der Waals surface area contributed by atoms with Crippen LogP contribution >= 0.6 is 0 Å². The zero-order valence-corrected chi connectivity index (χ0v) is 10.7. The van der Waals surface area contributed by atoms with Gasteiger partial charge in [0, 0.05) is 6.61 Å². The molecule has 0 spiro atoms. The Morgan fingerprint density at radius 3 is 2.18 bits per heavy atom. The highest BCUT2D eigenvalue weighted by atomic mass is 19.4. The summed E-state index contributed by atoms with van der Waals surface area (Å²) in [7, 11) is 0. The number of unbranched alkanes of at least 4 members (excludes halogenated alkanes) is 5. The average molecular weight is 253 g/mol. The topological polar surface area (TPSA) is 9.23 Å². The van der Waals surface area contributed by atoms with Crippen molar-refractivity contribution in [1.82, 2.24) is 0 Å². The van der Waals surface area contributed by atoms with Gasteiger partial charge in [0.05, 0.1) is 12.5 Å². The van der Waals surface area contributed by atoms with Crippen molar-refractivity contribution in [2.24, 2.45) is 5.92 Å². The number of hydrogen-bond acceptors (Lipinski definition) is 1. The molecule has 0 N–H and O–H groups in total. The fourth-order valence-electron chi connectivity index (χ4n) is 1.58. The first-order valence-electron chi connectivity index (χ1n) is 6.46. The van der Waals surface area contributed by atoms with Crippen LogP contribution in [0.2, 0.25) is 0 Å². The third-order valence-corrected chi connectivity index (χ3v) is 2.81. The van der Waals surface area contributed by atoms with E-state index in [9.17, 15) is 13.2 Å². The number of rotatable bonds is 10. The van der Waals surface area contributed by atoms with Crippen molar-refractivity contribution in [1.29, 1.82) is 0 Å². The molecule has 0 aromatic rings. The van der Waals surface area contributed by atoms with Crippen molar-refractivity contribution in [3.8, 4) is 0 Å². The van der Waals surface area contributed by atoms with Crippen LogP contribution in [0, 0.1) is 12.8 Å². The minimum atomic E-state index is -4.12. The fourth-order valence-corrected chi connectivity index (χ4v) is 1.58. The van der Waals surface area contributed by atoms with Gasteiger partial charge in [-0.25, -0.2) is 0 Å². The van der Waals surface area contributed by atoms with Gasteiger partial charge in [-0.15, -0.1) is 0 Å². The molecule has 0 aliphatic heterocycles. The number of alkyl halides is 3. The molecule has 0 bridgehead atoms. The molecule has 1 unspecified atom stereocenters. The molecular formula is C13H24F3O. The van der Waals surface area contributed by atoms with Crippen LogP contribution in [0.3, 0.4) is 0 Å². The molecule has 17 heavy (non-hydrogen) atoms. The van der Waals surface area contributed by atoms with E-state index >= 15 is 0 Å². The molecular weight excluding hydrogens is 229 g/mol. The van der Waals surface area contributed by atoms with Gasteiger partial charge in [0.2, 0.25) is 0 Å². The predicted octanol–water partition coefficient (Wildman–Crippen LogP) is 4.77. The highest BCUT2D eigenvalue weighted by Crippen LogP contribution is 2.28. The van der Waals surface area contributed by atoms with Crippen molar-refractivity contribution < 1.29 is 17.9 Å². The Hall–Kier alpha value is -0.250. The first kappa shape index (κ1) is 16.8. The molecule has 103 valence electrons. The van der Waals surface area contributed by atoms with Gasteiger partial charge >= 0.3 is 6.18 Å². The molecule has 0 saturated heterocycles. The third kappa shape index (κ3) is 9.45. The van der Waals surface area contributed by atoms with E-state index in [1.807, 2.05) is 0 Å². The van der Waals surface area contributed by atoms with Crippen LogP contribution in [0.5, 0.6) is 0 Å². The van der Waals surface area contributed by atoms with Crippen LogP contribution in [-0.2, 0) is 4.74 Å². The number of hydrogen-bond donors (Lipinski definition) is 0. The average Bonchev–Trinajstić information content (AvgIpc) is 2.25. The minimum Gasteiger partial charge on any atom is -0.381 e. The summed E-state index contributed by atoms with van der Waals surface area (Å²) >= 11 is 0. The quantitative estimate of drug-likeness (QED) is 0.510. The fraction of sp³-hybridized carbons (Fsp3) is 0.923. The SMILES string of the molecule is [CH2]CCCCCCCOCC(CC)C(F)(F)F. The number of halogens is 3. The maximum absolute atomic E-state index is 12.3. The van der Waals surface area contributed by atoms with Gasteiger partial charge in [-0.1, -0.05) is 46.0 Å². The molecule has 0 rings (SSSR count). The lowest BCUT2D eigenvalue weighted by atomic mass is 10.1. The van der Waals surface area contributed by atoms with Crippen LogP contribution < -0.4 is 0 Å². The maximum Gasteiger partial charge on any atom is 0.394 e. The summed E-state index contributed by atoms with van der Waals surface area (Å²) in [5.74, 6) is -1.31. The van der Waals surface area contributed by atoms with Crippen LogP contribution in [0.25, 0.3) is 0 Å². The molecule has 0 fully saturated rings. The summed E-state index contributed by atoms with van der Waals surface area (Å²) in [6.45, 7) is 5.54. The molecule has 0 amide bonds. The largest absolute Gasteiger partial charge is 0.394 e. The molecule has 0 aromatic carbocycles. The second-order valence-electron chi connectivity index (χ2n) is 4.34. The Morgan fingerprint density at radius 2 is 1.65 bits per heavy atom. The van der Waals surface area contributed by atoms with Gasteiger partial charge in [0.25, 0.3) is 0 Å². The molecule has 0 heterocycles. The second-order valence-corrected chi connectivity index (χ2v) is 4.34. The summed E-state index contributed by atoms with van der Waals surface area (Å²) in [6.07, 6.45) is 2.22. The first-order valence-corrected chi connectivity index (χ1v) is 6.46. The van der Waals surface area contributed by atoms with Crippen molar-refractivity contribution in [2.75, 3.05) is 13.2 Å². The smallest absolute Gasteiger partial charge is 0.381 e. The van der Waals surface area contributed by atoms with E-state index in [2.05, 4.69) is 6.92 Å². The van der Waals surface area contributed by atoms with E-state index in [1.54, 1.807) is 6.92 Å². The summed E-state index contributed by atoms with van der Waals surface area (Å²) < 4.78 is 42.1. The molecule has 0 aliphatic rings. The van der Waals surface area contributed by atoms with Crippen molar-refractivity contribution in [2.45, 2.75) is 58.0 Å². The first-order chi connectivity index (χ1) is 8.02. The van der Waals surface area contributed by atoms with E-state index in [0.29, 0.717) is 6.61 Å². The van der Waals surface area contributed by atoms with Gasteiger partial charge in [-0.05, 0) is 12.8 Å². The van der Waals surface area contributed by atoms with Gasteiger partial charge in [0.15, 0.2) is 0 Å². The predicted molar refractivity (Wildman–Crippen MR) is 63.7 cm³/mol. The Kier molecular flexibility index (Phi) is 9.60. The van der Waals surface area contributed by atoms with Crippen molar-refractivity contribution in [3.05, 3.63) is 6.92 Å². The molecule has 4 heteroatoms. The van der Waals surface area contributed by atoms with E-state index in [4.69, 9.17) is 4.74 Å². The summed E-state index contributed by atoms with van der Waals surface area (Å²) in [6, 6.07) is 0. The monoisotopic (exact) mass is 253 g/mol. The van der Waals surface area contributed by atoms with Gasteiger partial charge in [0.1, 0.15) is 0 Å². The van der Waals surface area contributed by atoms with Crippen molar-refractivity contribution in [3.63, 3.8) is 0 Å². The molecule has 1 atom stereocenters. The van der Waals surface area contributed by atoms with Crippen molar-refractivity contribution >= 4 is 0 Å². The van der Waals surface area contributed by atoms with Crippen LogP contribution in [0.1, 0.15) is 51.9 Å². The lowest BCUT2D eigenvalue weighted by Gasteiger charge is -2.18. The summed E-state index contributed by atoms with van der Waals surface area (Å²) in [5.41, 5.74) is 0. The second kappa shape index (κ2) is 9.75. The lowest BCUT2D eigenvalue weighted by molar-refractivity contribution is -0.189.